The number of hydrogen-bond acceptors (Lipinski definition) is 2. The van der Waals surface area contributed by atoms with E-state index in [1.165, 1.54) is 0 Å². The molecule has 0 spiro atoms. The smallest absolute Gasteiger partial charge is 0.207 e. The van der Waals surface area contributed by atoms with E-state index in [2.05, 4.69) is 20.7 Å². The van der Waals surface area contributed by atoms with Crippen molar-refractivity contribution in [2.24, 2.45) is 0 Å². The molecule has 0 heterocycles. The maximum absolute atomic E-state index is 12.9. The highest BCUT2D eigenvalue weighted by molar-refractivity contribution is 9.10. The van der Waals surface area contributed by atoms with Gasteiger partial charge in [0.25, 0.3) is 0 Å². The van der Waals surface area contributed by atoms with E-state index in [1.807, 2.05) is 61.5 Å². The number of hydrogen-bond donors (Lipinski definition) is 1. The number of aryl methyl sites for hydroxylation is 1. The first-order valence-electron chi connectivity index (χ1n) is 7.86. The van der Waals surface area contributed by atoms with Crippen LogP contribution < -0.4 is 4.72 Å². The van der Waals surface area contributed by atoms with Crippen molar-refractivity contribution in [1.29, 1.82) is 0 Å². The van der Waals surface area contributed by atoms with Gasteiger partial charge in [0, 0.05) is 4.47 Å². The first kappa shape index (κ1) is 17.9. The lowest BCUT2D eigenvalue weighted by Gasteiger charge is -2.21. The third kappa shape index (κ3) is 4.18. The molecule has 0 amide bonds. The predicted molar refractivity (Wildman–Crippen MR) is 104 cm³/mol. The monoisotopic (exact) mass is 415 g/mol. The molecule has 1 atom stereocenters. The first-order chi connectivity index (χ1) is 12.0. The summed E-state index contributed by atoms with van der Waals surface area (Å²) in [6.07, 6.45) is 0. The Bertz CT molecular complexity index is 955. The van der Waals surface area contributed by atoms with Crippen LogP contribution >= 0.6 is 15.9 Å². The minimum Gasteiger partial charge on any atom is -0.207 e. The predicted octanol–water partition coefficient (Wildman–Crippen LogP) is 4.83. The van der Waals surface area contributed by atoms with E-state index >= 15 is 0 Å². The van der Waals surface area contributed by atoms with E-state index in [4.69, 9.17) is 0 Å². The molecule has 0 aliphatic carbocycles. The van der Waals surface area contributed by atoms with Crippen LogP contribution in [0.3, 0.4) is 0 Å². The highest BCUT2D eigenvalue weighted by atomic mass is 79.9. The molecule has 0 aliphatic rings. The van der Waals surface area contributed by atoms with Crippen LogP contribution in [0, 0.1) is 6.92 Å². The van der Waals surface area contributed by atoms with Crippen LogP contribution in [-0.2, 0) is 10.0 Å². The molecule has 0 radical (unpaired) electrons. The summed E-state index contributed by atoms with van der Waals surface area (Å²) in [5.41, 5.74) is 2.76. The van der Waals surface area contributed by atoms with Crippen molar-refractivity contribution < 1.29 is 8.42 Å². The standard InChI is InChI=1S/C20H18BrNO2S/c1-15-11-13-17(14-12-15)25(23,24)22-20(16-7-3-2-4-8-16)18-9-5-6-10-19(18)21/h2-14,20,22H,1H3/t20-/m1/s1. The van der Waals surface area contributed by atoms with Crippen molar-refractivity contribution in [3.8, 4) is 0 Å². The molecule has 3 aromatic rings. The fourth-order valence-electron chi connectivity index (χ4n) is 2.61. The Balaban J connectivity index is 2.04. The lowest BCUT2D eigenvalue weighted by Crippen LogP contribution is -2.29. The Morgan fingerprint density at radius 2 is 1.44 bits per heavy atom. The lowest BCUT2D eigenvalue weighted by molar-refractivity contribution is 0.572. The van der Waals surface area contributed by atoms with Crippen molar-refractivity contribution in [1.82, 2.24) is 4.72 Å². The van der Waals surface area contributed by atoms with E-state index < -0.39 is 16.1 Å². The molecule has 1 N–H and O–H groups in total. The molecule has 0 unspecified atom stereocenters. The summed E-state index contributed by atoms with van der Waals surface area (Å²) >= 11 is 3.53. The van der Waals surface area contributed by atoms with E-state index in [0.29, 0.717) is 0 Å². The minimum atomic E-state index is -3.66. The Labute approximate surface area is 156 Å². The largest absolute Gasteiger partial charge is 0.241 e. The Morgan fingerprint density at radius 3 is 2.08 bits per heavy atom. The summed E-state index contributed by atoms with van der Waals surface area (Å²) in [4.78, 5) is 0.256. The van der Waals surface area contributed by atoms with Gasteiger partial charge >= 0.3 is 0 Å². The molecular weight excluding hydrogens is 398 g/mol. The zero-order chi connectivity index (χ0) is 17.9. The molecule has 0 saturated carbocycles. The number of nitrogens with one attached hydrogen (secondary N) is 1. The maximum Gasteiger partial charge on any atom is 0.241 e. The van der Waals surface area contributed by atoms with Crippen molar-refractivity contribution in [3.05, 3.63) is 100 Å². The fourth-order valence-corrected chi connectivity index (χ4v) is 4.32. The van der Waals surface area contributed by atoms with Crippen LogP contribution in [0.15, 0.2) is 88.2 Å². The Kier molecular flexibility index (Phi) is 5.37. The highest BCUT2D eigenvalue weighted by Crippen LogP contribution is 2.30. The van der Waals surface area contributed by atoms with Gasteiger partial charge in [0.2, 0.25) is 10.0 Å². The van der Waals surface area contributed by atoms with Crippen molar-refractivity contribution >= 4 is 26.0 Å². The summed E-state index contributed by atoms with van der Waals surface area (Å²) in [5, 5.41) is 0. The van der Waals surface area contributed by atoms with E-state index in [1.54, 1.807) is 24.3 Å². The second kappa shape index (κ2) is 7.52. The van der Waals surface area contributed by atoms with Crippen molar-refractivity contribution in [2.45, 2.75) is 17.9 Å². The second-order valence-electron chi connectivity index (χ2n) is 5.80. The van der Waals surface area contributed by atoms with Gasteiger partial charge in [-0.2, -0.15) is 4.72 Å². The SMILES string of the molecule is Cc1ccc(S(=O)(=O)N[C@H](c2ccccc2)c2ccccc2Br)cc1. The van der Waals surface area contributed by atoms with Gasteiger partial charge in [-0.3, -0.25) is 0 Å². The maximum atomic E-state index is 12.9. The molecule has 3 rings (SSSR count). The van der Waals surface area contributed by atoms with Gasteiger partial charge in [-0.1, -0.05) is 82.2 Å². The molecule has 25 heavy (non-hydrogen) atoms. The molecule has 0 bridgehead atoms. The first-order valence-corrected chi connectivity index (χ1v) is 10.1. The van der Waals surface area contributed by atoms with Gasteiger partial charge < -0.3 is 0 Å². The molecule has 0 fully saturated rings. The van der Waals surface area contributed by atoms with Crippen molar-refractivity contribution in [3.63, 3.8) is 0 Å². The van der Waals surface area contributed by atoms with Gasteiger partial charge in [-0.25, -0.2) is 8.42 Å². The summed E-state index contributed by atoms with van der Waals surface area (Å²) in [6, 6.07) is 23.5. The van der Waals surface area contributed by atoms with Crippen LogP contribution in [0.5, 0.6) is 0 Å². The number of halogens is 1. The molecule has 128 valence electrons. The van der Waals surface area contributed by atoms with Crippen LogP contribution in [-0.4, -0.2) is 8.42 Å². The molecule has 0 aliphatic heterocycles. The van der Waals surface area contributed by atoms with Crippen LogP contribution in [0.1, 0.15) is 22.7 Å². The van der Waals surface area contributed by atoms with E-state index in [9.17, 15) is 8.42 Å². The minimum absolute atomic E-state index is 0.256. The molecule has 0 saturated heterocycles. The van der Waals surface area contributed by atoms with Gasteiger partial charge in [-0.15, -0.1) is 0 Å². The van der Waals surface area contributed by atoms with Crippen LogP contribution in [0.4, 0.5) is 0 Å². The average Bonchev–Trinajstić information content (AvgIpc) is 2.61. The van der Waals surface area contributed by atoms with Gasteiger partial charge in [0.05, 0.1) is 10.9 Å². The fraction of sp³-hybridized carbons (Fsp3) is 0.100. The molecule has 3 aromatic carbocycles. The number of benzene rings is 3. The summed E-state index contributed by atoms with van der Waals surface area (Å²) < 4.78 is 29.5. The quantitative estimate of drug-likeness (QED) is 0.648. The topological polar surface area (TPSA) is 46.2 Å². The van der Waals surface area contributed by atoms with Gasteiger partial charge in [-0.05, 0) is 36.2 Å². The Morgan fingerprint density at radius 1 is 0.840 bits per heavy atom. The molecule has 0 aromatic heterocycles. The van der Waals surface area contributed by atoms with E-state index in [-0.39, 0.29) is 4.90 Å². The van der Waals surface area contributed by atoms with Gasteiger partial charge in [0.15, 0.2) is 0 Å². The normalized spacial score (nSPS) is 12.7. The third-order valence-electron chi connectivity index (χ3n) is 3.95. The van der Waals surface area contributed by atoms with Crippen LogP contribution in [0.2, 0.25) is 0 Å². The summed E-state index contributed by atoms with van der Waals surface area (Å²) in [7, 11) is -3.66. The summed E-state index contributed by atoms with van der Waals surface area (Å²) in [5.74, 6) is 0. The lowest BCUT2D eigenvalue weighted by atomic mass is 10.00. The highest BCUT2D eigenvalue weighted by Gasteiger charge is 2.24. The molecule has 5 heteroatoms. The van der Waals surface area contributed by atoms with Crippen molar-refractivity contribution in [2.75, 3.05) is 0 Å². The number of sulfonamides is 1. The summed E-state index contributed by atoms with van der Waals surface area (Å²) in [6.45, 7) is 1.93. The molecule has 3 nitrogen and oxygen atoms in total. The number of rotatable bonds is 5. The zero-order valence-electron chi connectivity index (χ0n) is 13.7. The molecular formula is C20H18BrNO2S. The van der Waals surface area contributed by atoms with Gasteiger partial charge in [0.1, 0.15) is 0 Å². The van der Waals surface area contributed by atoms with E-state index in [0.717, 1.165) is 21.2 Å². The Hall–Kier alpha value is -1.95. The third-order valence-corrected chi connectivity index (χ3v) is 6.11. The van der Waals surface area contributed by atoms with Crippen LogP contribution in [0.25, 0.3) is 0 Å². The zero-order valence-corrected chi connectivity index (χ0v) is 16.1. The average molecular weight is 416 g/mol. The second-order valence-corrected chi connectivity index (χ2v) is 8.37.